The Kier molecular flexibility index (Phi) is 7.57. The Hall–Kier alpha value is -4.41. The van der Waals surface area contributed by atoms with Crippen LogP contribution >= 0.6 is 11.3 Å². The van der Waals surface area contributed by atoms with Gasteiger partial charge in [0, 0.05) is 23.5 Å². The first-order valence-electron chi connectivity index (χ1n) is 13.9. The lowest BCUT2D eigenvalue weighted by atomic mass is 9.91. The van der Waals surface area contributed by atoms with Crippen molar-refractivity contribution in [1.29, 1.82) is 0 Å². The van der Waals surface area contributed by atoms with Gasteiger partial charge in [-0.2, -0.15) is 5.10 Å². The molecule has 1 saturated heterocycles. The highest BCUT2D eigenvalue weighted by Gasteiger charge is 2.20. The summed E-state index contributed by atoms with van der Waals surface area (Å²) in [6, 6.07) is 18.0. The van der Waals surface area contributed by atoms with E-state index in [1.165, 1.54) is 27.6 Å². The number of rotatable bonds is 6. The monoisotopic (exact) mass is 582 g/mol. The minimum Gasteiger partial charge on any atom is -0.336 e. The van der Waals surface area contributed by atoms with Gasteiger partial charge in [0.05, 0.1) is 16.3 Å². The summed E-state index contributed by atoms with van der Waals surface area (Å²) in [4.78, 5) is 33.5. The molecule has 3 aromatic heterocycles. The molecular formula is C32H31FN6O2S. The summed E-state index contributed by atoms with van der Waals surface area (Å²) < 4.78 is 17.2. The van der Waals surface area contributed by atoms with Crippen LogP contribution in [0.4, 0.5) is 21.6 Å². The van der Waals surface area contributed by atoms with E-state index in [2.05, 4.69) is 38.7 Å². The highest BCUT2D eigenvalue weighted by atomic mass is 32.1. The predicted molar refractivity (Wildman–Crippen MR) is 166 cm³/mol. The van der Waals surface area contributed by atoms with E-state index in [1.54, 1.807) is 32.2 Å². The fourth-order valence-corrected chi connectivity index (χ4v) is 6.37. The maximum atomic E-state index is 15.0. The summed E-state index contributed by atoms with van der Waals surface area (Å²) in [7, 11) is 3.71. The molecule has 214 valence electrons. The smallest absolute Gasteiger partial charge is 0.290 e. The molecule has 6 rings (SSSR count). The van der Waals surface area contributed by atoms with Gasteiger partial charge in [-0.1, -0.05) is 24.3 Å². The fraction of sp³-hybridized carbons (Fsp3) is 0.250. The standard InChI is InChI=1S/C32H31FN6O2S/c1-19-23(9-10-24(33)30(19)36-31(40)28-16-21-6-4-5-7-27(21)42-28)25-17-26(32(41)39(3)37-25)35-29-11-8-22(18-34-29)20-12-14-38(2)15-13-20/h4-11,16-18,20H,12-15H2,1-3H3,(H,34,35)(H,36,40). The lowest BCUT2D eigenvalue weighted by Gasteiger charge is -2.29. The maximum absolute atomic E-state index is 15.0. The highest BCUT2D eigenvalue weighted by molar-refractivity contribution is 7.20. The second-order valence-electron chi connectivity index (χ2n) is 10.7. The van der Waals surface area contributed by atoms with E-state index in [-0.39, 0.29) is 17.2 Å². The fourth-order valence-electron chi connectivity index (χ4n) is 5.41. The number of piperidine rings is 1. The zero-order chi connectivity index (χ0) is 29.4. The Morgan fingerprint density at radius 1 is 1.05 bits per heavy atom. The van der Waals surface area contributed by atoms with Crippen molar-refractivity contribution >= 4 is 44.5 Å². The average molecular weight is 583 g/mol. The van der Waals surface area contributed by atoms with Crippen LogP contribution in [0, 0.1) is 12.7 Å². The molecule has 4 heterocycles. The van der Waals surface area contributed by atoms with Crippen molar-refractivity contribution in [3.05, 3.63) is 99.0 Å². The number of aromatic nitrogens is 3. The first-order valence-corrected chi connectivity index (χ1v) is 14.7. The Morgan fingerprint density at radius 3 is 2.57 bits per heavy atom. The number of amides is 1. The van der Waals surface area contributed by atoms with E-state index in [0.717, 1.165) is 36.0 Å². The Bertz CT molecular complexity index is 1810. The van der Waals surface area contributed by atoms with Gasteiger partial charge in [-0.05, 0) is 98.7 Å². The second-order valence-corrected chi connectivity index (χ2v) is 11.8. The van der Waals surface area contributed by atoms with Crippen LogP contribution in [0.5, 0.6) is 0 Å². The number of hydrogen-bond donors (Lipinski definition) is 2. The Labute approximate surface area is 246 Å². The molecule has 0 aliphatic carbocycles. The van der Waals surface area contributed by atoms with E-state index >= 15 is 4.39 Å². The predicted octanol–water partition coefficient (Wildman–Crippen LogP) is 6.31. The molecule has 1 aliphatic heterocycles. The lowest BCUT2D eigenvalue weighted by molar-refractivity contribution is 0.103. The van der Waals surface area contributed by atoms with E-state index in [4.69, 9.17) is 0 Å². The minimum absolute atomic E-state index is 0.0753. The number of aryl methyl sites for hydroxylation is 1. The van der Waals surface area contributed by atoms with E-state index in [1.807, 2.05) is 36.5 Å². The molecular weight excluding hydrogens is 551 g/mol. The quantitative estimate of drug-likeness (QED) is 0.244. The molecule has 10 heteroatoms. The van der Waals surface area contributed by atoms with Gasteiger partial charge in [0.2, 0.25) is 0 Å². The molecule has 2 aromatic carbocycles. The van der Waals surface area contributed by atoms with E-state index < -0.39 is 5.82 Å². The zero-order valence-electron chi connectivity index (χ0n) is 23.6. The third kappa shape index (κ3) is 5.55. The molecule has 42 heavy (non-hydrogen) atoms. The summed E-state index contributed by atoms with van der Waals surface area (Å²) in [5.41, 5.74) is 2.79. The summed E-state index contributed by atoms with van der Waals surface area (Å²) >= 11 is 1.35. The molecule has 0 atom stereocenters. The van der Waals surface area contributed by atoms with Crippen LogP contribution < -0.4 is 16.2 Å². The van der Waals surface area contributed by atoms with Crippen LogP contribution in [-0.2, 0) is 7.05 Å². The number of anilines is 3. The number of carbonyl (C=O) groups is 1. The third-order valence-corrected chi connectivity index (χ3v) is 8.99. The van der Waals surface area contributed by atoms with Crippen molar-refractivity contribution in [2.24, 2.45) is 7.05 Å². The first-order chi connectivity index (χ1) is 20.3. The molecule has 5 aromatic rings. The van der Waals surface area contributed by atoms with Crippen molar-refractivity contribution in [3.63, 3.8) is 0 Å². The number of likely N-dealkylation sites (tertiary alicyclic amines) is 1. The highest BCUT2D eigenvalue weighted by Crippen LogP contribution is 2.33. The van der Waals surface area contributed by atoms with Gasteiger partial charge in [-0.25, -0.2) is 14.1 Å². The van der Waals surface area contributed by atoms with Crippen LogP contribution in [0.25, 0.3) is 21.3 Å². The van der Waals surface area contributed by atoms with Gasteiger partial charge in [-0.15, -0.1) is 11.3 Å². The molecule has 2 N–H and O–H groups in total. The average Bonchev–Trinajstić information content (AvgIpc) is 3.43. The topological polar surface area (TPSA) is 92.2 Å². The number of hydrogen-bond acceptors (Lipinski definition) is 7. The first kappa shape index (κ1) is 27.7. The number of benzene rings is 2. The molecule has 1 amide bonds. The minimum atomic E-state index is -0.553. The van der Waals surface area contributed by atoms with Crippen LogP contribution in [0.2, 0.25) is 0 Å². The van der Waals surface area contributed by atoms with Crippen molar-refractivity contribution in [2.75, 3.05) is 30.8 Å². The molecule has 0 spiro atoms. The molecule has 1 aliphatic rings. The van der Waals surface area contributed by atoms with Crippen molar-refractivity contribution < 1.29 is 9.18 Å². The van der Waals surface area contributed by atoms with Gasteiger partial charge in [-0.3, -0.25) is 9.59 Å². The number of nitrogens with one attached hydrogen (secondary N) is 2. The molecule has 0 saturated carbocycles. The number of pyridine rings is 1. The van der Waals surface area contributed by atoms with Crippen molar-refractivity contribution in [2.45, 2.75) is 25.7 Å². The van der Waals surface area contributed by atoms with Crippen molar-refractivity contribution in [3.8, 4) is 11.3 Å². The molecule has 0 radical (unpaired) electrons. The van der Waals surface area contributed by atoms with Crippen molar-refractivity contribution in [1.82, 2.24) is 19.7 Å². The van der Waals surface area contributed by atoms with Gasteiger partial charge >= 0.3 is 0 Å². The van der Waals surface area contributed by atoms with E-state index in [0.29, 0.717) is 39.1 Å². The van der Waals surface area contributed by atoms with Crippen LogP contribution in [0.15, 0.2) is 71.7 Å². The van der Waals surface area contributed by atoms with Gasteiger partial charge < -0.3 is 15.5 Å². The third-order valence-electron chi connectivity index (χ3n) is 7.88. The SMILES string of the molecule is Cc1c(-c2cc(Nc3ccc(C4CCN(C)CC4)cn3)c(=O)n(C)n2)ccc(F)c1NC(=O)c1cc2ccccc2s1. The number of nitrogens with zero attached hydrogens (tertiary/aromatic N) is 4. The molecule has 0 bridgehead atoms. The normalized spacial score (nSPS) is 14.3. The molecule has 1 fully saturated rings. The molecule has 8 nitrogen and oxygen atoms in total. The number of carbonyl (C=O) groups excluding carboxylic acids is 1. The number of thiophene rings is 1. The van der Waals surface area contributed by atoms with Gasteiger partial charge in [0.25, 0.3) is 11.5 Å². The maximum Gasteiger partial charge on any atom is 0.290 e. The van der Waals surface area contributed by atoms with Crippen LogP contribution in [-0.4, -0.2) is 45.7 Å². The van der Waals surface area contributed by atoms with Gasteiger partial charge in [0.15, 0.2) is 0 Å². The zero-order valence-corrected chi connectivity index (χ0v) is 24.5. The Balaban J connectivity index is 1.26. The summed E-state index contributed by atoms with van der Waals surface area (Å²) in [5, 5.41) is 11.3. The lowest BCUT2D eigenvalue weighted by Crippen LogP contribution is -2.29. The number of halogens is 1. The largest absolute Gasteiger partial charge is 0.336 e. The second kappa shape index (κ2) is 11.5. The number of fused-ring (bicyclic) bond motifs is 1. The van der Waals surface area contributed by atoms with Crippen LogP contribution in [0.1, 0.15) is 39.6 Å². The summed E-state index contributed by atoms with van der Waals surface area (Å²) in [6.45, 7) is 3.86. The summed E-state index contributed by atoms with van der Waals surface area (Å²) in [5.74, 6) is 0.0925. The summed E-state index contributed by atoms with van der Waals surface area (Å²) in [6.07, 6.45) is 4.08. The van der Waals surface area contributed by atoms with Gasteiger partial charge in [0.1, 0.15) is 17.3 Å². The Morgan fingerprint density at radius 2 is 1.83 bits per heavy atom. The molecule has 0 unspecified atom stereocenters. The van der Waals surface area contributed by atoms with E-state index in [9.17, 15) is 9.59 Å². The van der Waals surface area contributed by atoms with Crippen LogP contribution in [0.3, 0.4) is 0 Å².